The van der Waals surface area contributed by atoms with Crippen molar-refractivity contribution in [2.24, 2.45) is 0 Å². The number of piperidine rings is 1. The zero-order valence-electron chi connectivity index (χ0n) is 24.1. The van der Waals surface area contributed by atoms with Crippen LogP contribution in [0.25, 0.3) is 0 Å². The third kappa shape index (κ3) is 5.39. The van der Waals surface area contributed by atoms with Gasteiger partial charge in [0.05, 0.1) is 22.6 Å². The topological polar surface area (TPSA) is 90.7 Å². The molecule has 1 fully saturated rings. The predicted molar refractivity (Wildman–Crippen MR) is 168 cm³/mol. The number of nitriles is 1. The van der Waals surface area contributed by atoms with E-state index in [2.05, 4.69) is 11.0 Å². The van der Waals surface area contributed by atoms with Crippen molar-refractivity contribution >= 4 is 30.2 Å². The smallest absolute Gasteiger partial charge is 0.329 e. The SMILES string of the molecule is Cl.N#CC(CCN1CCC(C(=O)ON2C(=O)c3ccccc3C2=O)(c2ccccc2)CC1)(c1ccccc1)c1ccccc1. The predicted octanol–water partition coefficient (Wildman–Crippen LogP) is 6.10. The van der Waals surface area contributed by atoms with Gasteiger partial charge in [0, 0.05) is 6.54 Å². The van der Waals surface area contributed by atoms with E-state index in [1.165, 1.54) is 0 Å². The number of likely N-dealkylation sites (tertiary alicyclic amines) is 1. The summed E-state index contributed by atoms with van der Waals surface area (Å²) < 4.78 is 0. The second kappa shape index (κ2) is 12.8. The number of carbonyl (C=O) groups excluding carboxylic acids is 3. The number of halogens is 1. The highest BCUT2D eigenvalue weighted by molar-refractivity contribution is 6.21. The molecule has 2 heterocycles. The summed E-state index contributed by atoms with van der Waals surface area (Å²) >= 11 is 0. The average Bonchev–Trinajstić information content (AvgIpc) is 3.31. The van der Waals surface area contributed by atoms with Gasteiger partial charge in [0.1, 0.15) is 5.41 Å². The zero-order valence-corrected chi connectivity index (χ0v) is 24.9. The lowest BCUT2D eigenvalue weighted by molar-refractivity contribution is -0.178. The Balaban J connectivity index is 0.00000384. The molecule has 0 saturated carbocycles. The van der Waals surface area contributed by atoms with Crippen LogP contribution in [0.15, 0.2) is 115 Å². The van der Waals surface area contributed by atoms with Crippen LogP contribution < -0.4 is 0 Å². The normalized spacial score (nSPS) is 16.0. The Morgan fingerprint density at radius 3 is 1.68 bits per heavy atom. The molecule has 2 aliphatic heterocycles. The van der Waals surface area contributed by atoms with Crippen molar-refractivity contribution < 1.29 is 19.2 Å². The molecule has 0 radical (unpaired) electrons. The van der Waals surface area contributed by atoms with Crippen molar-refractivity contribution in [2.75, 3.05) is 19.6 Å². The summed E-state index contributed by atoms with van der Waals surface area (Å²) in [5.41, 5.74) is 1.28. The molecule has 44 heavy (non-hydrogen) atoms. The number of fused-ring (bicyclic) bond motifs is 1. The lowest BCUT2D eigenvalue weighted by Gasteiger charge is -2.41. The molecule has 0 spiro atoms. The molecular formula is C36H32ClN3O4. The van der Waals surface area contributed by atoms with Gasteiger partial charge in [-0.3, -0.25) is 9.59 Å². The Hall–Kier alpha value is -4.77. The van der Waals surface area contributed by atoms with Gasteiger partial charge in [-0.15, -0.1) is 12.4 Å². The second-order valence-electron chi connectivity index (χ2n) is 11.1. The molecular weight excluding hydrogens is 574 g/mol. The van der Waals surface area contributed by atoms with E-state index in [0.29, 0.717) is 44.0 Å². The van der Waals surface area contributed by atoms with Crippen molar-refractivity contribution in [2.45, 2.75) is 30.1 Å². The van der Waals surface area contributed by atoms with E-state index in [4.69, 9.17) is 4.84 Å². The third-order valence-electron chi connectivity index (χ3n) is 8.88. The Kier molecular flexibility index (Phi) is 8.96. The molecule has 2 amide bonds. The number of hydroxylamine groups is 2. The van der Waals surface area contributed by atoms with Crippen molar-refractivity contribution in [3.8, 4) is 6.07 Å². The molecule has 7 nitrogen and oxygen atoms in total. The molecule has 0 unspecified atom stereocenters. The van der Waals surface area contributed by atoms with Crippen LogP contribution in [-0.4, -0.2) is 47.4 Å². The number of carbonyl (C=O) groups is 3. The monoisotopic (exact) mass is 605 g/mol. The number of rotatable bonds is 8. The summed E-state index contributed by atoms with van der Waals surface area (Å²) in [4.78, 5) is 47.7. The number of nitrogens with zero attached hydrogens (tertiary/aromatic N) is 3. The van der Waals surface area contributed by atoms with Gasteiger partial charge in [-0.25, -0.2) is 4.79 Å². The molecule has 0 N–H and O–H groups in total. The summed E-state index contributed by atoms with van der Waals surface area (Å²) in [6.07, 6.45) is 1.46. The van der Waals surface area contributed by atoms with Crippen LogP contribution >= 0.6 is 12.4 Å². The average molecular weight is 606 g/mol. The van der Waals surface area contributed by atoms with Gasteiger partial charge >= 0.3 is 5.97 Å². The Bertz CT molecular complexity index is 1610. The number of hydrogen-bond acceptors (Lipinski definition) is 6. The Labute approximate surface area is 263 Å². The van der Waals surface area contributed by atoms with E-state index in [1.807, 2.05) is 91.0 Å². The van der Waals surface area contributed by atoms with Gasteiger partial charge < -0.3 is 9.74 Å². The van der Waals surface area contributed by atoms with Crippen molar-refractivity contribution in [1.29, 1.82) is 5.26 Å². The maximum absolute atomic E-state index is 13.9. The van der Waals surface area contributed by atoms with Gasteiger partial charge in [0.15, 0.2) is 0 Å². The van der Waals surface area contributed by atoms with Crippen LogP contribution in [0.5, 0.6) is 0 Å². The fraction of sp³-hybridized carbons (Fsp3) is 0.222. The fourth-order valence-electron chi connectivity index (χ4n) is 6.36. The molecule has 0 bridgehead atoms. The van der Waals surface area contributed by atoms with Crippen LogP contribution in [-0.2, 0) is 20.5 Å². The Morgan fingerprint density at radius 1 is 0.750 bits per heavy atom. The van der Waals surface area contributed by atoms with Gasteiger partial charge in [-0.2, -0.15) is 5.26 Å². The standard InChI is InChI=1S/C36H31N3O4.ClH/c37-26-36(28-14-6-2-7-15-28,29-16-8-3-9-17-29)22-25-38-23-20-35(21-24-38,27-12-4-1-5-13-27)34(42)43-39-32(40)30-18-10-11-19-31(30)33(39)41;/h1-19H,20-25H2;1H. The van der Waals surface area contributed by atoms with Gasteiger partial charge in [-0.1, -0.05) is 108 Å². The second-order valence-corrected chi connectivity index (χ2v) is 11.1. The molecule has 0 aromatic heterocycles. The van der Waals surface area contributed by atoms with Gasteiger partial charge in [-0.05, 0) is 61.2 Å². The van der Waals surface area contributed by atoms with Crippen LogP contribution in [0.2, 0.25) is 0 Å². The molecule has 6 rings (SSSR count). The van der Waals surface area contributed by atoms with E-state index in [-0.39, 0.29) is 23.5 Å². The lowest BCUT2D eigenvalue weighted by atomic mass is 9.71. The number of hydrogen-bond donors (Lipinski definition) is 0. The van der Waals surface area contributed by atoms with E-state index in [9.17, 15) is 19.6 Å². The van der Waals surface area contributed by atoms with Crippen LogP contribution in [0.1, 0.15) is 56.7 Å². The minimum Gasteiger partial charge on any atom is -0.329 e. The number of imide groups is 1. The number of benzene rings is 4. The van der Waals surface area contributed by atoms with Crippen molar-refractivity contribution in [1.82, 2.24) is 9.96 Å². The summed E-state index contributed by atoms with van der Waals surface area (Å²) in [6, 6.07) is 38.3. The quantitative estimate of drug-likeness (QED) is 0.226. The third-order valence-corrected chi connectivity index (χ3v) is 8.88. The summed E-state index contributed by atoms with van der Waals surface area (Å²) in [6.45, 7) is 1.81. The van der Waals surface area contributed by atoms with E-state index < -0.39 is 28.6 Å². The van der Waals surface area contributed by atoms with Crippen LogP contribution in [0.3, 0.4) is 0 Å². The first kappa shape index (κ1) is 30.7. The molecule has 222 valence electrons. The fourth-order valence-corrected chi connectivity index (χ4v) is 6.36. The lowest BCUT2D eigenvalue weighted by Crippen LogP contribution is -2.50. The van der Waals surface area contributed by atoms with Crippen LogP contribution in [0.4, 0.5) is 0 Å². The van der Waals surface area contributed by atoms with Gasteiger partial charge in [0.25, 0.3) is 11.8 Å². The van der Waals surface area contributed by atoms with E-state index >= 15 is 0 Å². The summed E-state index contributed by atoms with van der Waals surface area (Å²) in [5.74, 6) is -1.89. The van der Waals surface area contributed by atoms with E-state index in [0.717, 1.165) is 16.7 Å². The van der Waals surface area contributed by atoms with Gasteiger partial charge in [0.2, 0.25) is 0 Å². The highest BCUT2D eigenvalue weighted by atomic mass is 35.5. The first-order valence-corrected chi connectivity index (χ1v) is 14.5. The molecule has 4 aromatic carbocycles. The van der Waals surface area contributed by atoms with E-state index in [1.54, 1.807) is 24.3 Å². The molecule has 2 aliphatic rings. The summed E-state index contributed by atoms with van der Waals surface area (Å²) in [5, 5.41) is 11.2. The molecule has 4 aromatic rings. The van der Waals surface area contributed by atoms with Crippen molar-refractivity contribution in [3.05, 3.63) is 143 Å². The highest BCUT2D eigenvalue weighted by Crippen LogP contribution is 2.40. The highest BCUT2D eigenvalue weighted by Gasteiger charge is 2.48. The minimum absolute atomic E-state index is 0. The maximum Gasteiger partial charge on any atom is 0.343 e. The molecule has 0 atom stereocenters. The minimum atomic E-state index is -1.03. The molecule has 0 aliphatic carbocycles. The number of amides is 2. The molecule has 1 saturated heterocycles. The first-order valence-electron chi connectivity index (χ1n) is 14.5. The maximum atomic E-state index is 13.9. The zero-order chi connectivity index (χ0) is 29.9. The largest absolute Gasteiger partial charge is 0.343 e. The summed E-state index contributed by atoms with van der Waals surface area (Å²) in [7, 11) is 0. The van der Waals surface area contributed by atoms with Crippen LogP contribution in [0, 0.1) is 11.3 Å². The van der Waals surface area contributed by atoms with Crippen molar-refractivity contribution in [3.63, 3.8) is 0 Å². The first-order chi connectivity index (χ1) is 21.0. The molecule has 8 heteroatoms. The Morgan fingerprint density at radius 2 is 1.20 bits per heavy atom.